The number of pyridine rings is 1. The second-order valence-corrected chi connectivity index (χ2v) is 9.92. The van der Waals surface area contributed by atoms with Gasteiger partial charge in [-0.3, -0.25) is 9.36 Å². The summed E-state index contributed by atoms with van der Waals surface area (Å²) in [6.45, 7) is 4.66. The predicted molar refractivity (Wildman–Crippen MR) is 142 cm³/mol. The van der Waals surface area contributed by atoms with Gasteiger partial charge < -0.3 is 19.7 Å². The van der Waals surface area contributed by atoms with Crippen LogP contribution in [0.15, 0.2) is 59.9 Å². The number of aromatic nitrogens is 5. The maximum atomic E-state index is 12.9. The summed E-state index contributed by atoms with van der Waals surface area (Å²) in [7, 11) is 2.16. The fourth-order valence-corrected chi connectivity index (χ4v) is 5.36. The standard InChI is InChI=1S/C27H32N8O/c1-32-12-14-33(15-13-32)22-9-7-21(8-10-22)30-27-29-16-20-6-11-25(36)34(26(20)31-27)18-24-17-28-19-35(24)23-4-2-3-5-23/h6-11,16-17,19,23H,2-5,12-15,18H2,1H3,(H,29,30,31). The summed E-state index contributed by atoms with van der Waals surface area (Å²) in [5.41, 5.74) is 3.71. The highest BCUT2D eigenvalue weighted by atomic mass is 16.1. The normalized spacial score (nSPS) is 17.2. The van der Waals surface area contributed by atoms with Crippen LogP contribution in [0.2, 0.25) is 0 Å². The molecule has 0 atom stereocenters. The molecule has 0 spiro atoms. The Balaban J connectivity index is 1.25. The third-order valence-corrected chi connectivity index (χ3v) is 7.50. The molecule has 1 aliphatic carbocycles. The minimum absolute atomic E-state index is 0.0807. The van der Waals surface area contributed by atoms with Gasteiger partial charge in [-0.15, -0.1) is 0 Å². The van der Waals surface area contributed by atoms with Gasteiger partial charge in [0.15, 0.2) is 0 Å². The van der Waals surface area contributed by atoms with Gasteiger partial charge in [-0.25, -0.2) is 9.97 Å². The van der Waals surface area contributed by atoms with Crippen LogP contribution in [0.4, 0.5) is 17.3 Å². The third-order valence-electron chi connectivity index (χ3n) is 7.50. The van der Waals surface area contributed by atoms with Crippen molar-refractivity contribution in [2.75, 3.05) is 43.4 Å². The first-order chi connectivity index (χ1) is 17.6. The highest BCUT2D eigenvalue weighted by molar-refractivity contribution is 5.75. The Morgan fingerprint density at radius 2 is 1.75 bits per heavy atom. The molecule has 1 saturated carbocycles. The maximum Gasteiger partial charge on any atom is 0.252 e. The molecular weight excluding hydrogens is 452 g/mol. The Labute approximate surface area is 210 Å². The van der Waals surface area contributed by atoms with Gasteiger partial charge in [0.05, 0.1) is 18.6 Å². The highest BCUT2D eigenvalue weighted by Crippen LogP contribution is 2.30. The van der Waals surface area contributed by atoms with E-state index in [1.165, 1.54) is 18.5 Å². The first kappa shape index (κ1) is 22.7. The molecule has 0 radical (unpaired) electrons. The summed E-state index contributed by atoms with van der Waals surface area (Å²) >= 11 is 0. The summed E-state index contributed by atoms with van der Waals surface area (Å²) in [4.78, 5) is 31.3. The molecule has 36 heavy (non-hydrogen) atoms. The number of hydrogen-bond donors (Lipinski definition) is 1. The summed E-state index contributed by atoms with van der Waals surface area (Å²) in [6.07, 6.45) is 10.4. The molecule has 9 nitrogen and oxygen atoms in total. The van der Waals surface area contributed by atoms with E-state index in [4.69, 9.17) is 4.98 Å². The van der Waals surface area contributed by atoms with Gasteiger partial charge in [-0.05, 0) is 50.2 Å². The Hall–Kier alpha value is -3.72. The number of hydrogen-bond acceptors (Lipinski definition) is 7. The van der Waals surface area contributed by atoms with Crippen molar-refractivity contribution in [1.29, 1.82) is 0 Å². The predicted octanol–water partition coefficient (Wildman–Crippen LogP) is 3.65. The first-order valence-corrected chi connectivity index (χ1v) is 12.8. The van der Waals surface area contributed by atoms with Crippen molar-refractivity contribution >= 4 is 28.4 Å². The lowest BCUT2D eigenvalue weighted by molar-refractivity contribution is 0.313. The largest absolute Gasteiger partial charge is 0.369 e. The van der Waals surface area contributed by atoms with E-state index in [-0.39, 0.29) is 5.56 Å². The van der Waals surface area contributed by atoms with Crippen LogP contribution < -0.4 is 15.8 Å². The highest BCUT2D eigenvalue weighted by Gasteiger charge is 2.20. The van der Waals surface area contributed by atoms with Crippen molar-refractivity contribution in [3.8, 4) is 0 Å². The average molecular weight is 485 g/mol. The van der Waals surface area contributed by atoms with Gasteiger partial charge in [0.25, 0.3) is 5.56 Å². The quantitative estimate of drug-likeness (QED) is 0.447. The summed E-state index contributed by atoms with van der Waals surface area (Å²) in [5.74, 6) is 0.471. The van der Waals surface area contributed by atoms with Crippen molar-refractivity contribution in [1.82, 2.24) is 29.0 Å². The smallest absolute Gasteiger partial charge is 0.252 e. The van der Waals surface area contributed by atoms with Crippen LogP contribution in [-0.2, 0) is 6.54 Å². The van der Waals surface area contributed by atoms with Crippen molar-refractivity contribution in [2.45, 2.75) is 38.3 Å². The van der Waals surface area contributed by atoms with Gasteiger partial charge in [0.1, 0.15) is 5.65 Å². The second-order valence-electron chi connectivity index (χ2n) is 9.92. The fraction of sp³-hybridized carbons (Fsp3) is 0.407. The van der Waals surface area contributed by atoms with E-state index in [1.807, 2.05) is 12.5 Å². The van der Waals surface area contributed by atoms with Crippen LogP contribution in [0, 0.1) is 0 Å². The number of imidazole rings is 1. The molecule has 0 bridgehead atoms. The molecule has 1 aliphatic heterocycles. The number of rotatable bonds is 6. The molecule has 1 aromatic carbocycles. The van der Waals surface area contributed by atoms with Crippen LogP contribution in [0.1, 0.15) is 37.4 Å². The first-order valence-electron chi connectivity index (χ1n) is 12.8. The summed E-state index contributed by atoms with van der Waals surface area (Å²) in [5, 5.41) is 4.14. The van der Waals surface area contributed by atoms with Gasteiger partial charge in [-0.1, -0.05) is 12.8 Å². The van der Waals surface area contributed by atoms with E-state index in [1.54, 1.807) is 22.9 Å². The molecule has 0 amide bonds. The molecule has 0 unspecified atom stereocenters. The Kier molecular flexibility index (Phi) is 6.14. The van der Waals surface area contributed by atoms with Crippen molar-refractivity contribution < 1.29 is 0 Å². The van der Waals surface area contributed by atoms with E-state index in [9.17, 15) is 4.79 Å². The molecule has 2 aliphatic rings. The Morgan fingerprint density at radius 1 is 0.972 bits per heavy atom. The number of anilines is 3. The van der Waals surface area contributed by atoms with Crippen molar-refractivity contribution in [2.24, 2.45) is 0 Å². The molecule has 1 saturated heterocycles. The number of likely N-dealkylation sites (N-methyl/N-ethyl adjacent to an activating group) is 1. The molecular formula is C27H32N8O. The van der Waals surface area contributed by atoms with Gasteiger partial charge >= 0.3 is 0 Å². The van der Waals surface area contributed by atoms with E-state index in [2.05, 4.69) is 61.0 Å². The number of piperazine rings is 1. The minimum atomic E-state index is -0.0807. The molecule has 9 heteroatoms. The van der Waals surface area contributed by atoms with Gasteiger partial charge in [-0.2, -0.15) is 4.98 Å². The minimum Gasteiger partial charge on any atom is -0.369 e. The zero-order valence-electron chi connectivity index (χ0n) is 20.7. The fourth-order valence-electron chi connectivity index (χ4n) is 5.36. The lowest BCUT2D eigenvalue weighted by Crippen LogP contribution is -2.44. The molecule has 1 N–H and O–H groups in total. The van der Waals surface area contributed by atoms with Crippen LogP contribution in [0.25, 0.3) is 11.0 Å². The number of benzene rings is 1. The Morgan fingerprint density at radius 3 is 2.53 bits per heavy atom. The SMILES string of the molecule is CN1CCN(c2ccc(Nc3ncc4ccc(=O)n(Cc5cncn5C5CCCC5)c4n3)cc2)CC1. The molecule has 2 fully saturated rings. The van der Waals surface area contributed by atoms with Crippen molar-refractivity contribution in [3.63, 3.8) is 0 Å². The molecule has 186 valence electrons. The van der Waals surface area contributed by atoms with Crippen LogP contribution in [0.3, 0.4) is 0 Å². The average Bonchev–Trinajstić information content (AvgIpc) is 3.59. The van der Waals surface area contributed by atoms with Crippen LogP contribution >= 0.6 is 0 Å². The van der Waals surface area contributed by atoms with E-state index in [0.717, 1.165) is 55.8 Å². The zero-order chi connectivity index (χ0) is 24.5. The second kappa shape index (κ2) is 9.73. The molecule has 3 aromatic heterocycles. The van der Waals surface area contributed by atoms with Crippen molar-refractivity contribution in [3.05, 3.63) is 71.2 Å². The summed E-state index contributed by atoms with van der Waals surface area (Å²) in [6, 6.07) is 12.2. The lowest BCUT2D eigenvalue weighted by Gasteiger charge is -2.34. The Bertz CT molecular complexity index is 1400. The molecule has 6 rings (SSSR count). The zero-order valence-corrected chi connectivity index (χ0v) is 20.7. The maximum absolute atomic E-state index is 12.9. The van der Waals surface area contributed by atoms with Gasteiger partial charge in [0.2, 0.25) is 5.95 Å². The van der Waals surface area contributed by atoms with E-state index in [0.29, 0.717) is 24.2 Å². The monoisotopic (exact) mass is 484 g/mol. The topological polar surface area (TPSA) is 84.1 Å². The van der Waals surface area contributed by atoms with E-state index >= 15 is 0 Å². The third kappa shape index (κ3) is 4.58. The van der Waals surface area contributed by atoms with Crippen LogP contribution in [-0.4, -0.2) is 62.2 Å². The molecule has 4 heterocycles. The summed E-state index contributed by atoms with van der Waals surface area (Å²) < 4.78 is 3.96. The number of nitrogens with zero attached hydrogens (tertiary/aromatic N) is 7. The van der Waals surface area contributed by atoms with E-state index < -0.39 is 0 Å². The number of fused-ring (bicyclic) bond motifs is 1. The molecule has 4 aromatic rings. The number of nitrogens with one attached hydrogen (secondary N) is 1. The lowest BCUT2D eigenvalue weighted by atomic mass is 10.2. The van der Waals surface area contributed by atoms with Crippen LogP contribution in [0.5, 0.6) is 0 Å². The van der Waals surface area contributed by atoms with Gasteiger partial charge in [0, 0.05) is 67.4 Å².